The van der Waals surface area contributed by atoms with Crippen LogP contribution in [0.25, 0.3) is 11.5 Å². The molecule has 0 bridgehead atoms. The quantitative estimate of drug-likeness (QED) is 0.744. The summed E-state index contributed by atoms with van der Waals surface area (Å²) in [6, 6.07) is 12.0. The van der Waals surface area contributed by atoms with Crippen LogP contribution < -0.4 is 5.73 Å². The largest absolute Gasteiger partial charge is 0.421 e. The summed E-state index contributed by atoms with van der Waals surface area (Å²) in [6.07, 6.45) is 1.64. The van der Waals surface area contributed by atoms with Crippen LogP contribution in [0.1, 0.15) is 11.5 Å². The minimum Gasteiger partial charge on any atom is -0.421 e. The Balaban J connectivity index is 1.88. The van der Waals surface area contributed by atoms with Crippen molar-refractivity contribution >= 4 is 17.4 Å². The summed E-state index contributed by atoms with van der Waals surface area (Å²) in [5, 5.41) is 8.74. The lowest BCUT2D eigenvalue weighted by molar-refractivity contribution is 0.531. The van der Waals surface area contributed by atoms with Crippen LogP contribution in [0.3, 0.4) is 0 Å². The van der Waals surface area contributed by atoms with Crippen molar-refractivity contribution in [2.75, 3.05) is 5.73 Å². The maximum Gasteiger partial charge on any atom is 0.250 e. The molecule has 2 aromatic heterocycles. The number of benzene rings is 1. The SMILES string of the molecule is Cc1nnc(-c2cc(N)cnc2SCc2ccccc2)o1. The van der Waals surface area contributed by atoms with Gasteiger partial charge in [-0.3, -0.25) is 0 Å². The second-order valence-electron chi connectivity index (χ2n) is 4.52. The number of hydrogen-bond donors (Lipinski definition) is 1. The molecule has 2 heterocycles. The number of aromatic nitrogens is 3. The first kappa shape index (κ1) is 13.6. The topological polar surface area (TPSA) is 77.8 Å². The first-order chi connectivity index (χ1) is 10.2. The zero-order valence-electron chi connectivity index (χ0n) is 11.5. The van der Waals surface area contributed by atoms with Crippen LogP contribution in [0, 0.1) is 6.92 Å². The lowest BCUT2D eigenvalue weighted by Crippen LogP contribution is -1.93. The molecule has 0 aliphatic carbocycles. The number of anilines is 1. The third-order valence-corrected chi connectivity index (χ3v) is 3.92. The van der Waals surface area contributed by atoms with E-state index in [2.05, 4.69) is 27.3 Å². The van der Waals surface area contributed by atoms with Crippen LogP contribution in [0.4, 0.5) is 5.69 Å². The average Bonchev–Trinajstić information content (AvgIpc) is 2.93. The molecular formula is C15H14N4OS. The van der Waals surface area contributed by atoms with Crippen molar-refractivity contribution < 1.29 is 4.42 Å². The highest BCUT2D eigenvalue weighted by Crippen LogP contribution is 2.32. The van der Waals surface area contributed by atoms with Gasteiger partial charge in [-0.05, 0) is 11.6 Å². The summed E-state index contributed by atoms with van der Waals surface area (Å²) in [6.45, 7) is 1.76. The average molecular weight is 298 g/mol. The second-order valence-corrected chi connectivity index (χ2v) is 5.49. The second kappa shape index (κ2) is 5.97. The van der Waals surface area contributed by atoms with Gasteiger partial charge in [0.2, 0.25) is 5.89 Å². The monoisotopic (exact) mass is 298 g/mol. The summed E-state index contributed by atoms with van der Waals surface area (Å²) >= 11 is 1.62. The number of nitrogens with two attached hydrogens (primary N) is 1. The molecule has 6 heteroatoms. The van der Waals surface area contributed by atoms with E-state index in [9.17, 15) is 0 Å². The Labute approximate surface area is 126 Å². The van der Waals surface area contributed by atoms with Crippen molar-refractivity contribution in [3.63, 3.8) is 0 Å². The van der Waals surface area contributed by atoms with Gasteiger partial charge in [0.25, 0.3) is 5.89 Å². The van der Waals surface area contributed by atoms with Crippen molar-refractivity contribution in [2.45, 2.75) is 17.7 Å². The van der Waals surface area contributed by atoms with Crippen molar-refractivity contribution in [3.05, 3.63) is 54.0 Å². The number of pyridine rings is 1. The van der Waals surface area contributed by atoms with Crippen molar-refractivity contribution in [1.82, 2.24) is 15.2 Å². The maximum atomic E-state index is 5.82. The molecule has 3 rings (SSSR count). The molecule has 0 saturated carbocycles. The summed E-state index contributed by atoms with van der Waals surface area (Å²) in [4.78, 5) is 4.39. The van der Waals surface area contributed by atoms with Gasteiger partial charge in [0, 0.05) is 12.7 Å². The number of thioether (sulfide) groups is 1. The Morgan fingerprint density at radius 1 is 1.19 bits per heavy atom. The molecule has 0 unspecified atom stereocenters. The Hall–Kier alpha value is -2.34. The minimum atomic E-state index is 0.447. The minimum absolute atomic E-state index is 0.447. The molecule has 3 aromatic rings. The molecule has 1 aromatic carbocycles. The zero-order valence-corrected chi connectivity index (χ0v) is 12.3. The third-order valence-electron chi connectivity index (χ3n) is 2.85. The Morgan fingerprint density at radius 2 is 2.00 bits per heavy atom. The first-order valence-corrected chi connectivity index (χ1v) is 7.43. The number of nitrogens with zero attached hydrogens (tertiary/aromatic N) is 3. The predicted octanol–water partition coefficient (Wildman–Crippen LogP) is 3.31. The molecular weight excluding hydrogens is 284 g/mol. The summed E-state index contributed by atoms with van der Waals surface area (Å²) in [5.74, 6) is 1.78. The van der Waals surface area contributed by atoms with Gasteiger partial charge >= 0.3 is 0 Å². The van der Waals surface area contributed by atoms with Crippen LogP contribution in [0.2, 0.25) is 0 Å². The van der Waals surface area contributed by atoms with Gasteiger partial charge in [-0.2, -0.15) is 0 Å². The predicted molar refractivity (Wildman–Crippen MR) is 82.7 cm³/mol. The molecule has 21 heavy (non-hydrogen) atoms. The summed E-state index contributed by atoms with van der Waals surface area (Å²) < 4.78 is 5.49. The van der Waals surface area contributed by atoms with Crippen LogP contribution in [0.5, 0.6) is 0 Å². The highest BCUT2D eigenvalue weighted by atomic mass is 32.2. The van der Waals surface area contributed by atoms with Crippen LogP contribution in [-0.2, 0) is 5.75 Å². The Kier molecular flexibility index (Phi) is 3.87. The van der Waals surface area contributed by atoms with E-state index < -0.39 is 0 Å². The molecule has 0 fully saturated rings. The van der Waals surface area contributed by atoms with E-state index in [1.807, 2.05) is 24.3 Å². The maximum absolute atomic E-state index is 5.82. The summed E-state index contributed by atoms with van der Waals surface area (Å²) in [5.41, 5.74) is 8.40. The number of nitrogen functional groups attached to an aromatic ring is 1. The van der Waals surface area contributed by atoms with Crippen molar-refractivity contribution in [1.29, 1.82) is 0 Å². The van der Waals surface area contributed by atoms with Crippen LogP contribution in [-0.4, -0.2) is 15.2 Å². The third kappa shape index (κ3) is 3.22. The van der Waals surface area contributed by atoms with Gasteiger partial charge in [-0.1, -0.05) is 30.3 Å². The lowest BCUT2D eigenvalue weighted by Gasteiger charge is -2.06. The van der Waals surface area contributed by atoms with E-state index in [4.69, 9.17) is 10.2 Å². The molecule has 0 saturated heterocycles. The fourth-order valence-corrected chi connectivity index (χ4v) is 2.79. The van der Waals surface area contributed by atoms with Gasteiger partial charge < -0.3 is 10.2 Å². The van der Waals surface area contributed by atoms with E-state index in [-0.39, 0.29) is 0 Å². The van der Waals surface area contributed by atoms with E-state index >= 15 is 0 Å². The normalized spacial score (nSPS) is 10.7. The molecule has 0 atom stereocenters. The highest BCUT2D eigenvalue weighted by molar-refractivity contribution is 7.98. The number of hydrogen-bond acceptors (Lipinski definition) is 6. The van der Waals surface area contributed by atoms with Crippen LogP contribution >= 0.6 is 11.8 Å². The van der Waals surface area contributed by atoms with E-state index in [1.54, 1.807) is 24.9 Å². The van der Waals surface area contributed by atoms with Gasteiger partial charge in [0.1, 0.15) is 5.03 Å². The molecule has 2 N–H and O–H groups in total. The molecule has 0 amide bonds. The van der Waals surface area contributed by atoms with E-state index in [0.717, 1.165) is 16.3 Å². The highest BCUT2D eigenvalue weighted by Gasteiger charge is 2.14. The summed E-state index contributed by atoms with van der Waals surface area (Å²) in [7, 11) is 0. The van der Waals surface area contributed by atoms with Gasteiger partial charge in [-0.25, -0.2) is 4.98 Å². The smallest absolute Gasteiger partial charge is 0.250 e. The van der Waals surface area contributed by atoms with Crippen LogP contribution in [0.15, 0.2) is 52.0 Å². The fourth-order valence-electron chi connectivity index (χ4n) is 1.87. The standard InChI is InChI=1S/C15H14N4OS/c1-10-18-19-14(20-10)13-7-12(16)8-17-15(13)21-9-11-5-3-2-4-6-11/h2-8H,9,16H2,1H3. The molecule has 0 radical (unpaired) electrons. The van der Waals surface area contributed by atoms with Crippen molar-refractivity contribution in [3.8, 4) is 11.5 Å². The molecule has 0 aliphatic heterocycles. The zero-order chi connectivity index (χ0) is 14.7. The van der Waals surface area contributed by atoms with Gasteiger partial charge in [0.05, 0.1) is 17.4 Å². The lowest BCUT2D eigenvalue weighted by atomic mass is 10.2. The Bertz CT molecular complexity index is 742. The molecule has 0 spiro atoms. The molecule has 0 aliphatic rings. The number of aryl methyl sites for hydroxylation is 1. The van der Waals surface area contributed by atoms with Gasteiger partial charge in [-0.15, -0.1) is 22.0 Å². The van der Waals surface area contributed by atoms with Crippen molar-refractivity contribution in [2.24, 2.45) is 0 Å². The number of rotatable bonds is 4. The fraction of sp³-hybridized carbons (Fsp3) is 0.133. The molecule has 106 valence electrons. The van der Waals surface area contributed by atoms with Gasteiger partial charge in [0.15, 0.2) is 0 Å². The van der Waals surface area contributed by atoms with E-state index in [1.165, 1.54) is 5.56 Å². The molecule has 5 nitrogen and oxygen atoms in total. The first-order valence-electron chi connectivity index (χ1n) is 6.45. The Morgan fingerprint density at radius 3 is 2.71 bits per heavy atom. The van der Waals surface area contributed by atoms with E-state index in [0.29, 0.717) is 17.5 Å².